The van der Waals surface area contributed by atoms with Crippen LogP contribution >= 0.6 is 0 Å². The molecule has 8 nitrogen and oxygen atoms in total. The lowest BCUT2D eigenvalue weighted by atomic mass is 9.97. The number of amides is 1. The maximum atomic E-state index is 12.8. The van der Waals surface area contributed by atoms with Crippen LogP contribution in [0.25, 0.3) is 0 Å². The Bertz CT molecular complexity index is 882. The van der Waals surface area contributed by atoms with E-state index in [1.165, 1.54) is 0 Å². The van der Waals surface area contributed by atoms with Gasteiger partial charge in [-0.3, -0.25) is 4.79 Å². The van der Waals surface area contributed by atoms with Crippen LogP contribution in [0.15, 0.2) is 16.5 Å². The predicted molar refractivity (Wildman–Crippen MR) is 96.7 cm³/mol. The molecular weight excluding hydrogens is 348 g/mol. The van der Waals surface area contributed by atoms with Crippen molar-refractivity contribution in [1.82, 2.24) is 19.7 Å². The lowest BCUT2D eigenvalue weighted by Crippen LogP contribution is -2.39. The van der Waals surface area contributed by atoms with E-state index in [-0.39, 0.29) is 24.2 Å². The van der Waals surface area contributed by atoms with Gasteiger partial charge in [-0.1, -0.05) is 5.92 Å². The molecule has 0 bridgehead atoms. The Balaban J connectivity index is 1.72. The van der Waals surface area contributed by atoms with E-state index in [1.54, 1.807) is 35.4 Å². The first-order valence-electron chi connectivity index (χ1n) is 8.92. The quantitative estimate of drug-likeness (QED) is 0.780. The van der Waals surface area contributed by atoms with E-state index in [1.807, 2.05) is 7.05 Å². The van der Waals surface area contributed by atoms with E-state index in [0.717, 1.165) is 18.7 Å². The predicted octanol–water partition coefficient (Wildman–Crippen LogP) is 1.04. The zero-order valence-corrected chi connectivity index (χ0v) is 15.8. The van der Waals surface area contributed by atoms with E-state index in [4.69, 9.17) is 4.42 Å². The number of aromatic nitrogens is 3. The average Bonchev–Trinajstić information content (AvgIpc) is 3.25. The highest BCUT2D eigenvalue weighted by molar-refractivity contribution is 5.91. The molecule has 1 atom stereocenters. The Kier molecular flexibility index (Phi) is 5.35. The molecule has 3 rings (SSSR count). The number of aliphatic hydroxyl groups is 2. The summed E-state index contributed by atoms with van der Waals surface area (Å²) in [5.41, 5.74) is -1.12. The molecular formula is C19H24N4O4. The fraction of sp³-hybridized carbons (Fsp3) is 0.526. The third kappa shape index (κ3) is 4.38. The van der Waals surface area contributed by atoms with Crippen molar-refractivity contribution in [3.63, 3.8) is 0 Å². The van der Waals surface area contributed by atoms with Crippen molar-refractivity contribution in [2.24, 2.45) is 7.05 Å². The van der Waals surface area contributed by atoms with Crippen LogP contribution in [0.4, 0.5) is 0 Å². The first-order valence-corrected chi connectivity index (χ1v) is 8.92. The Labute approximate surface area is 157 Å². The number of hydrogen-bond acceptors (Lipinski definition) is 6. The fourth-order valence-corrected chi connectivity index (χ4v) is 3.13. The van der Waals surface area contributed by atoms with Gasteiger partial charge in [-0.15, -0.1) is 10.2 Å². The molecule has 1 aliphatic rings. The first kappa shape index (κ1) is 19.1. The van der Waals surface area contributed by atoms with Gasteiger partial charge >= 0.3 is 0 Å². The summed E-state index contributed by atoms with van der Waals surface area (Å²) in [4.78, 5) is 14.5. The van der Waals surface area contributed by atoms with Gasteiger partial charge in [-0.05, 0) is 44.7 Å². The van der Waals surface area contributed by atoms with Gasteiger partial charge in [0.05, 0.1) is 0 Å². The van der Waals surface area contributed by atoms with Crippen molar-refractivity contribution in [3.8, 4) is 11.8 Å². The number of nitrogens with zero attached hydrogens (tertiary/aromatic N) is 4. The Hall–Kier alpha value is -2.63. The highest BCUT2D eigenvalue weighted by Gasteiger charge is 2.30. The second-order valence-corrected chi connectivity index (χ2v) is 7.25. The van der Waals surface area contributed by atoms with Gasteiger partial charge in [0.1, 0.15) is 18.0 Å². The molecule has 2 N–H and O–H groups in total. The standard InChI is InChI=1S/C19H24N4O4/c1-19(2,26)9-8-14-6-7-15(27-14)18(25)23-10-4-5-13(11-23)17-21-20-16(12-24)22(17)3/h6-7,13,24,26H,4-5,10-12H2,1-3H3. The molecule has 27 heavy (non-hydrogen) atoms. The molecule has 2 aromatic rings. The SMILES string of the molecule is Cn1c(CO)nnc1C1CCCN(C(=O)c2ccc(C#CC(C)(C)O)o2)C1. The first-order chi connectivity index (χ1) is 12.8. The van der Waals surface area contributed by atoms with Crippen molar-refractivity contribution in [2.75, 3.05) is 13.1 Å². The number of likely N-dealkylation sites (tertiary alicyclic amines) is 1. The molecule has 0 radical (unpaired) electrons. The summed E-state index contributed by atoms with van der Waals surface area (Å²) >= 11 is 0. The lowest BCUT2D eigenvalue weighted by Gasteiger charge is -2.31. The third-order valence-electron chi connectivity index (χ3n) is 4.52. The molecule has 1 fully saturated rings. The normalized spacial score (nSPS) is 17.5. The molecule has 1 saturated heterocycles. The molecule has 8 heteroatoms. The Morgan fingerprint density at radius 1 is 1.41 bits per heavy atom. The summed E-state index contributed by atoms with van der Waals surface area (Å²) < 4.78 is 7.33. The van der Waals surface area contributed by atoms with Crippen molar-refractivity contribution < 1.29 is 19.4 Å². The third-order valence-corrected chi connectivity index (χ3v) is 4.52. The largest absolute Gasteiger partial charge is 0.443 e. The van der Waals surface area contributed by atoms with E-state index >= 15 is 0 Å². The summed E-state index contributed by atoms with van der Waals surface area (Å²) in [6.07, 6.45) is 1.76. The summed E-state index contributed by atoms with van der Waals surface area (Å²) in [5, 5.41) is 27.1. The van der Waals surface area contributed by atoms with Crippen LogP contribution in [0.1, 0.15) is 60.6 Å². The monoisotopic (exact) mass is 372 g/mol. The molecule has 144 valence electrons. The smallest absolute Gasteiger partial charge is 0.289 e. The number of carbonyl (C=O) groups excluding carboxylic acids is 1. The van der Waals surface area contributed by atoms with E-state index in [0.29, 0.717) is 24.7 Å². The summed E-state index contributed by atoms with van der Waals surface area (Å²) in [7, 11) is 1.82. The van der Waals surface area contributed by atoms with Crippen LogP contribution in [-0.2, 0) is 13.7 Å². The van der Waals surface area contributed by atoms with Crippen molar-refractivity contribution in [1.29, 1.82) is 0 Å². The maximum Gasteiger partial charge on any atom is 0.289 e. The highest BCUT2D eigenvalue weighted by atomic mass is 16.4. The number of furan rings is 1. The van der Waals surface area contributed by atoms with Gasteiger partial charge in [0, 0.05) is 26.1 Å². The molecule has 1 unspecified atom stereocenters. The maximum absolute atomic E-state index is 12.8. The molecule has 0 aromatic carbocycles. The zero-order chi connectivity index (χ0) is 19.6. The molecule has 2 aromatic heterocycles. The number of aliphatic hydroxyl groups excluding tert-OH is 1. The van der Waals surface area contributed by atoms with Gasteiger partial charge < -0.3 is 24.1 Å². The molecule has 0 saturated carbocycles. The molecule has 0 aliphatic carbocycles. The Morgan fingerprint density at radius 3 is 2.85 bits per heavy atom. The average molecular weight is 372 g/mol. The van der Waals surface area contributed by atoms with Gasteiger partial charge in [0.15, 0.2) is 17.3 Å². The number of piperidine rings is 1. The molecule has 1 aliphatic heterocycles. The van der Waals surface area contributed by atoms with E-state index in [2.05, 4.69) is 22.0 Å². The van der Waals surface area contributed by atoms with Crippen LogP contribution in [0.5, 0.6) is 0 Å². The highest BCUT2D eigenvalue weighted by Crippen LogP contribution is 2.27. The van der Waals surface area contributed by atoms with Crippen molar-refractivity contribution in [3.05, 3.63) is 35.3 Å². The van der Waals surface area contributed by atoms with Crippen LogP contribution < -0.4 is 0 Å². The lowest BCUT2D eigenvalue weighted by molar-refractivity contribution is 0.0670. The fourth-order valence-electron chi connectivity index (χ4n) is 3.13. The summed E-state index contributed by atoms with van der Waals surface area (Å²) in [5.74, 6) is 7.11. The van der Waals surface area contributed by atoms with Crippen LogP contribution in [0.2, 0.25) is 0 Å². The number of carbonyl (C=O) groups is 1. The van der Waals surface area contributed by atoms with E-state index < -0.39 is 5.60 Å². The van der Waals surface area contributed by atoms with Gasteiger partial charge in [0.2, 0.25) is 0 Å². The minimum atomic E-state index is -1.12. The van der Waals surface area contributed by atoms with Crippen LogP contribution in [0.3, 0.4) is 0 Å². The van der Waals surface area contributed by atoms with Gasteiger partial charge in [-0.2, -0.15) is 0 Å². The second kappa shape index (κ2) is 7.55. The molecule has 0 spiro atoms. The second-order valence-electron chi connectivity index (χ2n) is 7.25. The molecule has 1 amide bonds. The Morgan fingerprint density at radius 2 is 2.19 bits per heavy atom. The van der Waals surface area contributed by atoms with Crippen molar-refractivity contribution >= 4 is 5.91 Å². The van der Waals surface area contributed by atoms with Crippen LogP contribution in [0, 0.1) is 11.8 Å². The van der Waals surface area contributed by atoms with Gasteiger partial charge in [0.25, 0.3) is 5.91 Å². The molecule has 3 heterocycles. The zero-order valence-electron chi connectivity index (χ0n) is 15.8. The van der Waals surface area contributed by atoms with Crippen LogP contribution in [-0.4, -0.2) is 54.5 Å². The van der Waals surface area contributed by atoms with Gasteiger partial charge in [-0.25, -0.2) is 0 Å². The minimum absolute atomic E-state index is 0.0601. The summed E-state index contributed by atoms with van der Waals surface area (Å²) in [6.45, 7) is 4.15. The van der Waals surface area contributed by atoms with Crippen molar-refractivity contribution in [2.45, 2.75) is 44.8 Å². The minimum Gasteiger partial charge on any atom is -0.443 e. The number of hydrogen-bond donors (Lipinski definition) is 2. The number of rotatable bonds is 3. The topological polar surface area (TPSA) is 105 Å². The van der Waals surface area contributed by atoms with E-state index in [9.17, 15) is 15.0 Å². The summed E-state index contributed by atoms with van der Waals surface area (Å²) in [6, 6.07) is 3.23.